The monoisotopic (exact) mass is 281 g/mol. The fraction of sp³-hybridized carbons (Fsp3) is 0.222. The third-order valence-electron chi connectivity index (χ3n) is 3.69. The molecule has 0 saturated carbocycles. The van der Waals surface area contributed by atoms with E-state index in [4.69, 9.17) is 4.42 Å². The van der Waals surface area contributed by atoms with Crippen molar-refractivity contribution >= 4 is 16.7 Å². The van der Waals surface area contributed by atoms with Crippen molar-refractivity contribution in [2.45, 2.75) is 13.0 Å². The fourth-order valence-corrected chi connectivity index (χ4v) is 2.42. The van der Waals surface area contributed by atoms with Crippen molar-refractivity contribution in [3.05, 3.63) is 65.9 Å². The fourth-order valence-electron chi connectivity index (χ4n) is 2.42. The Morgan fingerprint density at radius 1 is 1.10 bits per heavy atom. The summed E-state index contributed by atoms with van der Waals surface area (Å²) in [6.07, 6.45) is -0.649. The predicted octanol–water partition coefficient (Wildman–Crippen LogP) is 3.91. The number of likely N-dealkylation sites (N-methyl/N-ethyl adjacent to an activating group) is 1. The van der Waals surface area contributed by atoms with Gasteiger partial charge in [-0.3, -0.25) is 0 Å². The lowest BCUT2D eigenvalue weighted by Crippen LogP contribution is -2.23. The van der Waals surface area contributed by atoms with Gasteiger partial charge >= 0.3 is 0 Å². The SMILES string of the molecule is Cc1ccc(N(C)CC(O)c2cc3ccccc3o2)cc1. The Kier molecular flexibility index (Phi) is 3.67. The molecule has 108 valence electrons. The third kappa shape index (κ3) is 2.93. The van der Waals surface area contributed by atoms with Crippen LogP contribution in [0.15, 0.2) is 59.0 Å². The van der Waals surface area contributed by atoms with E-state index in [2.05, 4.69) is 31.2 Å². The smallest absolute Gasteiger partial charge is 0.135 e. The minimum absolute atomic E-state index is 0.489. The number of hydrogen-bond acceptors (Lipinski definition) is 3. The number of aliphatic hydroxyl groups excluding tert-OH is 1. The lowest BCUT2D eigenvalue weighted by Gasteiger charge is -2.21. The number of fused-ring (bicyclic) bond motifs is 1. The molecule has 0 aliphatic rings. The molecule has 0 spiro atoms. The Balaban J connectivity index is 1.75. The molecule has 2 aromatic carbocycles. The molecule has 0 aliphatic heterocycles. The number of para-hydroxylation sites is 1. The predicted molar refractivity (Wildman–Crippen MR) is 85.6 cm³/mol. The molecule has 0 aliphatic carbocycles. The first-order valence-electron chi connectivity index (χ1n) is 7.08. The normalized spacial score (nSPS) is 12.5. The van der Waals surface area contributed by atoms with Crippen molar-refractivity contribution in [1.82, 2.24) is 0 Å². The van der Waals surface area contributed by atoms with Crippen LogP contribution in [0.4, 0.5) is 5.69 Å². The molecule has 3 aromatic rings. The van der Waals surface area contributed by atoms with Crippen LogP contribution < -0.4 is 4.90 Å². The number of benzene rings is 2. The van der Waals surface area contributed by atoms with Gasteiger partial charge in [-0.25, -0.2) is 0 Å². The van der Waals surface area contributed by atoms with Gasteiger partial charge in [0.25, 0.3) is 0 Å². The quantitative estimate of drug-likeness (QED) is 0.787. The molecule has 0 saturated heterocycles. The highest BCUT2D eigenvalue weighted by Crippen LogP contribution is 2.25. The van der Waals surface area contributed by atoms with Crippen molar-refractivity contribution in [3.63, 3.8) is 0 Å². The zero-order valence-corrected chi connectivity index (χ0v) is 12.3. The van der Waals surface area contributed by atoms with Gasteiger partial charge in [0.15, 0.2) is 0 Å². The highest BCUT2D eigenvalue weighted by atomic mass is 16.4. The summed E-state index contributed by atoms with van der Waals surface area (Å²) in [7, 11) is 1.97. The molecule has 3 rings (SSSR count). The van der Waals surface area contributed by atoms with Gasteiger partial charge in [0, 0.05) is 18.1 Å². The van der Waals surface area contributed by atoms with Gasteiger partial charge in [0.1, 0.15) is 17.4 Å². The van der Waals surface area contributed by atoms with Gasteiger partial charge < -0.3 is 14.4 Å². The van der Waals surface area contributed by atoms with Crippen molar-refractivity contribution in [2.24, 2.45) is 0 Å². The van der Waals surface area contributed by atoms with Crippen molar-refractivity contribution in [3.8, 4) is 0 Å². The number of hydrogen-bond donors (Lipinski definition) is 1. The third-order valence-corrected chi connectivity index (χ3v) is 3.69. The van der Waals surface area contributed by atoms with Crippen molar-refractivity contribution < 1.29 is 9.52 Å². The zero-order valence-electron chi connectivity index (χ0n) is 12.3. The highest BCUT2D eigenvalue weighted by molar-refractivity contribution is 5.77. The largest absolute Gasteiger partial charge is 0.458 e. The molecule has 0 amide bonds. The van der Waals surface area contributed by atoms with E-state index in [1.54, 1.807) is 0 Å². The minimum Gasteiger partial charge on any atom is -0.458 e. The second kappa shape index (κ2) is 5.62. The Hall–Kier alpha value is -2.26. The molecule has 3 heteroatoms. The number of nitrogens with zero attached hydrogens (tertiary/aromatic N) is 1. The van der Waals surface area contributed by atoms with Crippen LogP contribution >= 0.6 is 0 Å². The summed E-state index contributed by atoms with van der Waals surface area (Å²) in [5.74, 6) is 0.607. The molecule has 0 fully saturated rings. The van der Waals surface area contributed by atoms with Crippen LogP contribution in [-0.2, 0) is 0 Å². The molecule has 1 heterocycles. The van der Waals surface area contributed by atoms with Crippen LogP contribution in [0, 0.1) is 6.92 Å². The van der Waals surface area contributed by atoms with Crippen LogP contribution in [0.25, 0.3) is 11.0 Å². The summed E-state index contributed by atoms with van der Waals surface area (Å²) in [6.45, 7) is 2.55. The van der Waals surface area contributed by atoms with Crippen molar-refractivity contribution in [2.75, 3.05) is 18.5 Å². The van der Waals surface area contributed by atoms with E-state index in [0.29, 0.717) is 12.3 Å². The Morgan fingerprint density at radius 3 is 2.52 bits per heavy atom. The molecule has 1 atom stereocenters. The number of anilines is 1. The summed E-state index contributed by atoms with van der Waals surface area (Å²) in [5.41, 5.74) is 3.12. The summed E-state index contributed by atoms with van der Waals surface area (Å²) in [5, 5.41) is 11.4. The average molecular weight is 281 g/mol. The number of aliphatic hydroxyl groups is 1. The van der Waals surface area contributed by atoms with E-state index in [1.165, 1.54) is 5.56 Å². The van der Waals surface area contributed by atoms with Gasteiger partial charge in [0.2, 0.25) is 0 Å². The molecule has 1 N–H and O–H groups in total. The molecule has 0 bridgehead atoms. The summed E-state index contributed by atoms with van der Waals surface area (Å²) in [6, 6.07) is 17.9. The van der Waals surface area contributed by atoms with Crippen LogP contribution in [0.5, 0.6) is 0 Å². The van der Waals surface area contributed by atoms with Crippen LogP contribution in [0.3, 0.4) is 0 Å². The second-order valence-electron chi connectivity index (χ2n) is 5.42. The zero-order chi connectivity index (χ0) is 14.8. The molecule has 0 radical (unpaired) electrons. The number of aryl methyl sites for hydroxylation is 1. The van der Waals surface area contributed by atoms with E-state index in [0.717, 1.165) is 16.7 Å². The van der Waals surface area contributed by atoms with Gasteiger partial charge in [-0.2, -0.15) is 0 Å². The van der Waals surface area contributed by atoms with Crippen molar-refractivity contribution in [1.29, 1.82) is 0 Å². The van der Waals surface area contributed by atoms with Gasteiger partial charge in [0.05, 0.1) is 6.54 Å². The Morgan fingerprint density at radius 2 is 1.81 bits per heavy atom. The number of rotatable bonds is 4. The molecular formula is C18H19NO2. The Bertz CT molecular complexity index is 697. The maximum Gasteiger partial charge on any atom is 0.135 e. The van der Waals surface area contributed by atoms with Gasteiger partial charge in [-0.1, -0.05) is 35.9 Å². The second-order valence-corrected chi connectivity index (χ2v) is 5.42. The topological polar surface area (TPSA) is 36.6 Å². The van der Waals surface area contributed by atoms with E-state index in [9.17, 15) is 5.11 Å². The summed E-state index contributed by atoms with van der Waals surface area (Å²) >= 11 is 0. The van der Waals surface area contributed by atoms with Crippen LogP contribution in [0.1, 0.15) is 17.4 Å². The first kappa shape index (κ1) is 13.7. The van der Waals surface area contributed by atoms with E-state index in [-0.39, 0.29) is 0 Å². The highest BCUT2D eigenvalue weighted by Gasteiger charge is 2.15. The molecule has 1 unspecified atom stereocenters. The summed E-state index contributed by atoms with van der Waals surface area (Å²) in [4.78, 5) is 2.03. The van der Waals surface area contributed by atoms with E-state index in [1.807, 2.05) is 42.3 Å². The Labute approximate surface area is 124 Å². The van der Waals surface area contributed by atoms with Crippen LogP contribution in [0.2, 0.25) is 0 Å². The van der Waals surface area contributed by atoms with E-state index >= 15 is 0 Å². The molecular weight excluding hydrogens is 262 g/mol. The van der Waals surface area contributed by atoms with Gasteiger partial charge in [-0.15, -0.1) is 0 Å². The van der Waals surface area contributed by atoms with E-state index < -0.39 is 6.10 Å². The average Bonchev–Trinajstić information content (AvgIpc) is 2.92. The summed E-state index contributed by atoms with van der Waals surface area (Å²) < 4.78 is 5.71. The lowest BCUT2D eigenvalue weighted by molar-refractivity contribution is 0.159. The number of furan rings is 1. The molecule has 1 aromatic heterocycles. The standard InChI is InChI=1S/C18H19NO2/c1-13-7-9-15(10-8-13)19(2)12-16(20)18-11-14-5-3-4-6-17(14)21-18/h3-11,16,20H,12H2,1-2H3. The maximum absolute atomic E-state index is 10.4. The lowest BCUT2D eigenvalue weighted by atomic mass is 10.2. The van der Waals surface area contributed by atoms with Crippen LogP contribution in [-0.4, -0.2) is 18.7 Å². The molecule has 21 heavy (non-hydrogen) atoms. The first-order chi connectivity index (χ1) is 10.1. The maximum atomic E-state index is 10.4. The molecule has 3 nitrogen and oxygen atoms in total. The van der Waals surface area contributed by atoms with Gasteiger partial charge in [-0.05, 0) is 31.2 Å². The first-order valence-corrected chi connectivity index (χ1v) is 7.08. The minimum atomic E-state index is -0.649.